The van der Waals surface area contributed by atoms with Crippen molar-refractivity contribution in [2.45, 2.75) is 11.4 Å². The Labute approximate surface area is 142 Å². The molecule has 3 rings (SSSR count). The fraction of sp³-hybridized carbons (Fsp3) is 0.167. The Morgan fingerprint density at radius 2 is 1.71 bits per heavy atom. The molecule has 0 saturated carbocycles. The summed E-state index contributed by atoms with van der Waals surface area (Å²) >= 11 is 0. The van der Waals surface area contributed by atoms with Gasteiger partial charge >= 0.3 is 0 Å². The van der Waals surface area contributed by atoms with Crippen LogP contribution in [0.4, 0.5) is 5.69 Å². The van der Waals surface area contributed by atoms with Crippen molar-refractivity contribution in [2.24, 2.45) is 0 Å². The average Bonchev–Trinajstić information content (AvgIpc) is 2.59. The quantitative estimate of drug-likeness (QED) is 0.775. The first kappa shape index (κ1) is 16.4. The third-order valence-electron chi connectivity index (χ3n) is 3.80. The molecule has 1 aromatic heterocycles. The van der Waals surface area contributed by atoms with Crippen molar-refractivity contribution >= 4 is 26.5 Å². The number of rotatable bonds is 5. The van der Waals surface area contributed by atoms with Gasteiger partial charge in [0.2, 0.25) is 10.0 Å². The van der Waals surface area contributed by atoms with Gasteiger partial charge in [0, 0.05) is 36.8 Å². The first-order valence-corrected chi connectivity index (χ1v) is 9.06. The maximum absolute atomic E-state index is 12.7. The first-order chi connectivity index (χ1) is 11.5. The van der Waals surface area contributed by atoms with Gasteiger partial charge in [-0.3, -0.25) is 4.98 Å². The molecular weight excluding hydrogens is 322 g/mol. The van der Waals surface area contributed by atoms with Gasteiger partial charge in [-0.2, -0.15) is 0 Å². The molecule has 2 aromatic carbocycles. The molecule has 0 amide bonds. The summed E-state index contributed by atoms with van der Waals surface area (Å²) < 4.78 is 28.1. The molecule has 1 N–H and O–H groups in total. The van der Waals surface area contributed by atoms with E-state index in [9.17, 15) is 8.42 Å². The van der Waals surface area contributed by atoms with Crippen LogP contribution in [0.5, 0.6) is 0 Å². The molecule has 0 saturated heterocycles. The standard InChI is InChI=1S/C18H19N3O2S/c1-21(2)17-10-5-9-16-15(17)8-6-11-18(16)24(22,23)20-13-14-7-3-4-12-19-14/h3-12,20H,13H2,1-2H3. The smallest absolute Gasteiger partial charge is 0.241 e. The first-order valence-electron chi connectivity index (χ1n) is 7.58. The van der Waals surface area contributed by atoms with Crippen LogP contribution >= 0.6 is 0 Å². The predicted molar refractivity (Wildman–Crippen MR) is 96.5 cm³/mol. The molecule has 0 fully saturated rings. The lowest BCUT2D eigenvalue weighted by atomic mass is 10.1. The number of pyridine rings is 1. The topological polar surface area (TPSA) is 62.3 Å². The van der Waals surface area contributed by atoms with Gasteiger partial charge in [-0.25, -0.2) is 13.1 Å². The number of fused-ring (bicyclic) bond motifs is 1. The fourth-order valence-corrected chi connectivity index (χ4v) is 3.86. The van der Waals surface area contributed by atoms with E-state index < -0.39 is 10.0 Å². The van der Waals surface area contributed by atoms with E-state index in [2.05, 4.69) is 9.71 Å². The van der Waals surface area contributed by atoms with Crippen molar-refractivity contribution < 1.29 is 8.42 Å². The summed E-state index contributed by atoms with van der Waals surface area (Å²) in [6.07, 6.45) is 1.64. The Bertz CT molecular complexity index is 954. The van der Waals surface area contributed by atoms with Gasteiger partial charge in [-0.1, -0.05) is 30.3 Å². The van der Waals surface area contributed by atoms with E-state index in [1.165, 1.54) is 0 Å². The second kappa shape index (κ2) is 6.59. The lowest BCUT2D eigenvalue weighted by Gasteiger charge is -2.17. The predicted octanol–water partition coefficient (Wildman–Crippen LogP) is 2.78. The van der Waals surface area contributed by atoms with E-state index in [1.807, 2.05) is 49.3 Å². The number of anilines is 1. The van der Waals surface area contributed by atoms with Crippen LogP contribution < -0.4 is 9.62 Å². The van der Waals surface area contributed by atoms with Crippen LogP contribution in [0.2, 0.25) is 0 Å². The molecule has 5 nitrogen and oxygen atoms in total. The largest absolute Gasteiger partial charge is 0.377 e. The molecule has 0 aliphatic rings. The summed E-state index contributed by atoms with van der Waals surface area (Å²) in [5.74, 6) is 0. The van der Waals surface area contributed by atoms with E-state index in [-0.39, 0.29) is 11.4 Å². The van der Waals surface area contributed by atoms with Crippen molar-refractivity contribution in [1.82, 2.24) is 9.71 Å². The van der Waals surface area contributed by atoms with Crippen LogP contribution in [0.1, 0.15) is 5.69 Å². The summed E-state index contributed by atoms with van der Waals surface area (Å²) in [6.45, 7) is 0.160. The molecule has 24 heavy (non-hydrogen) atoms. The van der Waals surface area contributed by atoms with E-state index in [4.69, 9.17) is 0 Å². The third kappa shape index (κ3) is 3.25. The summed E-state index contributed by atoms with van der Waals surface area (Å²) in [5.41, 5.74) is 1.66. The van der Waals surface area contributed by atoms with Crippen LogP contribution in [-0.4, -0.2) is 27.5 Å². The zero-order chi connectivity index (χ0) is 17.2. The van der Waals surface area contributed by atoms with E-state index in [1.54, 1.807) is 30.5 Å². The highest BCUT2D eigenvalue weighted by Crippen LogP contribution is 2.30. The van der Waals surface area contributed by atoms with Gasteiger partial charge in [-0.15, -0.1) is 0 Å². The highest BCUT2D eigenvalue weighted by Gasteiger charge is 2.18. The zero-order valence-electron chi connectivity index (χ0n) is 13.6. The molecule has 0 aliphatic heterocycles. The van der Waals surface area contributed by atoms with Crippen LogP contribution in [0.15, 0.2) is 65.7 Å². The number of nitrogens with one attached hydrogen (secondary N) is 1. The molecule has 3 aromatic rings. The molecule has 0 radical (unpaired) electrons. The van der Waals surface area contributed by atoms with Gasteiger partial charge in [0.15, 0.2) is 0 Å². The number of benzene rings is 2. The SMILES string of the molecule is CN(C)c1cccc2c(S(=O)(=O)NCc3ccccn3)cccc12. The van der Waals surface area contributed by atoms with Crippen molar-refractivity contribution in [3.63, 3.8) is 0 Å². The Morgan fingerprint density at radius 1 is 0.958 bits per heavy atom. The summed E-state index contributed by atoms with van der Waals surface area (Å²) in [6, 6.07) is 16.4. The highest BCUT2D eigenvalue weighted by molar-refractivity contribution is 7.89. The molecule has 0 unspecified atom stereocenters. The summed E-state index contributed by atoms with van der Waals surface area (Å²) in [7, 11) is 0.243. The number of nitrogens with zero attached hydrogens (tertiary/aromatic N) is 2. The van der Waals surface area contributed by atoms with E-state index in [0.717, 1.165) is 11.1 Å². The molecule has 0 spiro atoms. The van der Waals surface area contributed by atoms with E-state index >= 15 is 0 Å². The third-order valence-corrected chi connectivity index (χ3v) is 5.26. The Morgan fingerprint density at radius 3 is 2.42 bits per heavy atom. The average molecular weight is 341 g/mol. The maximum atomic E-state index is 12.7. The molecule has 124 valence electrons. The number of hydrogen-bond donors (Lipinski definition) is 1. The van der Waals surface area contributed by atoms with Crippen LogP contribution in [-0.2, 0) is 16.6 Å². The zero-order valence-corrected chi connectivity index (χ0v) is 14.4. The lowest BCUT2D eigenvalue weighted by Crippen LogP contribution is -2.24. The summed E-state index contributed by atoms with van der Waals surface area (Å²) in [4.78, 5) is 6.39. The minimum Gasteiger partial charge on any atom is -0.377 e. The van der Waals surface area contributed by atoms with Crippen molar-refractivity contribution in [3.8, 4) is 0 Å². The monoisotopic (exact) mass is 341 g/mol. The normalized spacial score (nSPS) is 11.6. The van der Waals surface area contributed by atoms with Gasteiger partial charge in [0.05, 0.1) is 17.1 Å². The van der Waals surface area contributed by atoms with Gasteiger partial charge < -0.3 is 4.90 Å². The van der Waals surface area contributed by atoms with E-state index in [0.29, 0.717) is 11.1 Å². The van der Waals surface area contributed by atoms with Crippen molar-refractivity contribution in [1.29, 1.82) is 0 Å². The molecule has 0 atom stereocenters. The minimum absolute atomic E-state index is 0.160. The second-order valence-corrected chi connectivity index (χ2v) is 7.40. The van der Waals surface area contributed by atoms with Gasteiger partial charge in [-0.05, 0) is 24.3 Å². The molecule has 0 bridgehead atoms. The number of aromatic nitrogens is 1. The Balaban J connectivity index is 2.00. The fourth-order valence-electron chi connectivity index (χ4n) is 2.64. The maximum Gasteiger partial charge on any atom is 0.241 e. The van der Waals surface area contributed by atoms with Crippen LogP contribution in [0.3, 0.4) is 0 Å². The highest BCUT2D eigenvalue weighted by atomic mass is 32.2. The number of hydrogen-bond acceptors (Lipinski definition) is 4. The summed E-state index contributed by atoms with van der Waals surface area (Å²) in [5, 5.41) is 1.61. The molecule has 1 heterocycles. The number of sulfonamides is 1. The minimum atomic E-state index is -3.64. The molecular formula is C18H19N3O2S. The second-order valence-electron chi connectivity index (χ2n) is 5.67. The Kier molecular flexibility index (Phi) is 4.51. The lowest BCUT2D eigenvalue weighted by molar-refractivity contribution is 0.581. The van der Waals surface area contributed by atoms with Gasteiger partial charge in [0.1, 0.15) is 0 Å². The van der Waals surface area contributed by atoms with Crippen LogP contribution in [0.25, 0.3) is 10.8 Å². The van der Waals surface area contributed by atoms with Crippen molar-refractivity contribution in [3.05, 3.63) is 66.5 Å². The Hall–Kier alpha value is -2.44. The van der Waals surface area contributed by atoms with Crippen LogP contribution in [0, 0.1) is 0 Å². The van der Waals surface area contributed by atoms with Crippen molar-refractivity contribution in [2.75, 3.05) is 19.0 Å². The van der Waals surface area contributed by atoms with Gasteiger partial charge in [0.25, 0.3) is 0 Å². The molecule has 0 aliphatic carbocycles. The molecule has 6 heteroatoms.